The van der Waals surface area contributed by atoms with Crippen LogP contribution in [-0.4, -0.2) is 39.6 Å². The summed E-state index contributed by atoms with van der Waals surface area (Å²) >= 11 is 1.33. The van der Waals surface area contributed by atoms with Gasteiger partial charge < -0.3 is 10.1 Å². The van der Waals surface area contributed by atoms with Crippen molar-refractivity contribution in [3.8, 4) is 0 Å². The fourth-order valence-electron chi connectivity index (χ4n) is 2.48. The molecule has 0 radical (unpaired) electrons. The maximum atomic E-state index is 12.2. The number of amidine groups is 1. The van der Waals surface area contributed by atoms with E-state index in [9.17, 15) is 9.59 Å². The molecule has 0 saturated carbocycles. The lowest BCUT2D eigenvalue weighted by molar-refractivity contribution is -0.116. The van der Waals surface area contributed by atoms with E-state index in [-0.39, 0.29) is 12.0 Å². The fraction of sp³-hybridized carbons (Fsp3) is 0.412. The van der Waals surface area contributed by atoms with E-state index in [2.05, 4.69) is 15.5 Å². The third kappa shape index (κ3) is 4.60. The number of nitrogens with one attached hydrogen (secondary N) is 1. The zero-order valence-corrected chi connectivity index (χ0v) is 15.2. The third-order valence-electron chi connectivity index (χ3n) is 3.55. The second kappa shape index (κ2) is 6.87. The molecule has 0 bridgehead atoms. The number of ether oxygens (including phenoxy) is 1. The lowest BCUT2D eigenvalue weighted by Gasteiger charge is -2.24. The predicted octanol–water partition coefficient (Wildman–Crippen LogP) is 2.49. The monoisotopic (exact) mass is 360 g/mol. The average Bonchev–Trinajstić information content (AvgIpc) is 3.11. The molecule has 0 aromatic heterocycles. The standard InChI is InChI=1S/C17H20N4O3S/c1-17(2,3)24-16(23)21-8-12-5-4-11(6-13(12)9-21)7-18-20-15-19-14(22)10-25-15/h4-7H,8-10H2,1-3H3,(H,19,20,22). The molecule has 2 amide bonds. The van der Waals surface area contributed by atoms with Gasteiger partial charge >= 0.3 is 6.09 Å². The molecule has 2 aliphatic heterocycles. The number of benzene rings is 1. The molecule has 1 aromatic carbocycles. The Balaban J connectivity index is 1.64. The summed E-state index contributed by atoms with van der Waals surface area (Å²) in [6, 6.07) is 5.91. The Kier molecular flexibility index (Phi) is 4.80. The van der Waals surface area contributed by atoms with Gasteiger partial charge in [0.1, 0.15) is 5.60 Å². The van der Waals surface area contributed by atoms with Crippen LogP contribution in [0.15, 0.2) is 28.4 Å². The topological polar surface area (TPSA) is 83.4 Å². The largest absolute Gasteiger partial charge is 0.444 e. The second-order valence-corrected chi connectivity index (χ2v) is 7.82. The molecule has 0 aliphatic carbocycles. The number of carbonyl (C=O) groups is 2. The van der Waals surface area contributed by atoms with Crippen molar-refractivity contribution >= 4 is 35.1 Å². The van der Waals surface area contributed by atoms with E-state index in [0.717, 1.165) is 16.7 Å². The van der Waals surface area contributed by atoms with E-state index in [1.165, 1.54) is 11.8 Å². The smallest absolute Gasteiger partial charge is 0.410 e. The van der Waals surface area contributed by atoms with Gasteiger partial charge in [0.15, 0.2) is 5.17 Å². The molecule has 1 aromatic rings. The zero-order valence-electron chi connectivity index (χ0n) is 14.4. The van der Waals surface area contributed by atoms with Crippen LogP contribution in [0.5, 0.6) is 0 Å². The van der Waals surface area contributed by atoms with Crippen molar-refractivity contribution < 1.29 is 14.3 Å². The first-order valence-electron chi connectivity index (χ1n) is 7.93. The summed E-state index contributed by atoms with van der Waals surface area (Å²) < 4.78 is 5.42. The number of carbonyl (C=O) groups excluding carboxylic acids is 2. The van der Waals surface area contributed by atoms with Crippen LogP contribution in [-0.2, 0) is 22.6 Å². The highest BCUT2D eigenvalue weighted by atomic mass is 32.2. The molecular weight excluding hydrogens is 340 g/mol. The summed E-state index contributed by atoms with van der Waals surface area (Å²) in [5, 5.41) is 11.1. The number of hydrogen-bond donors (Lipinski definition) is 1. The normalized spacial score (nSPS) is 18.8. The molecular formula is C17H20N4O3S. The first-order valence-corrected chi connectivity index (χ1v) is 8.92. The van der Waals surface area contributed by atoms with Gasteiger partial charge in [-0.1, -0.05) is 23.9 Å². The van der Waals surface area contributed by atoms with Gasteiger partial charge in [0.05, 0.1) is 12.0 Å². The van der Waals surface area contributed by atoms with E-state index < -0.39 is 5.60 Å². The summed E-state index contributed by atoms with van der Waals surface area (Å²) in [7, 11) is 0. The van der Waals surface area contributed by atoms with Crippen LogP contribution in [0.4, 0.5) is 4.79 Å². The van der Waals surface area contributed by atoms with Crippen LogP contribution < -0.4 is 5.32 Å². The van der Waals surface area contributed by atoms with Crippen LogP contribution in [0.1, 0.15) is 37.5 Å². The summed E-state index contributed by atoms with van der Waals surface area (Å²) in [6.45, 7) is 6.64. The Labute approximate surface area is 150 Å². The lowest BCUT2D eigenvalue weighted by atomic mass is 10.1. The molecule has 25 heavy (non-hydrogen) atoms. The van der Waals surface area contributed by atoms with Gasteiger partial charge in [0.25, 0.3) is 0 Å². The van der Waals surface area contributed by atoms with Crippen molar-refractivity contribution in [1.29, 1.82) is 0 Å². The molecule has 0 unspecified atom stereocenters. The molecule has 132 valence electrons. The van der Waals surface area contributed by atoms with Crippen molar-refractivity contribution in [3.63, 3.8) is 0 Å². The van der Waals surface area contributed by atoms with Crippen molar-refractivity contribution in [2.45, 2.75) is 39.5 Å². The fourth-order valence-corrected chi connectivity index (χ4v) is 3.11. The van der Waals surface area contributed by atoms with Gasteiger partial charge in [0.2, 0.25) is 5.91 Å². The van der Waals surface area contributed by atoms with E-state index in [1.807, 2.05) is 39.0 Å². The van der Waals surface area contributed by atoms with Gasteiger partial charge in [-0.3, -0.25) is 9.69 Å². The van der Waals surface area contributed by atoms with Gasteiger partial charge in [0, 0.05) is 13.1 Å². The zero-order chi connectivity index (χ0) is 18.0. The Morgan fingerprint density at radius 3 is 2.76 bits per heavy atom. The van der Waals surface area contributed by atoms with Crippen LogP contribution in [0, 0.1) is 0 Å². The highest BCUT2D eigenvalue weighted by Gasteiger charge is 2.27. The molecule has 2 aliphatic rings. The minimum atomic E-state index is -0.503. The summed E-state index contributed by atoms with van der Waals surface area (Å²) in [6.07, 6.45) is 1.33. The Morgan fingerprint density at radius 1 is 1.32 bits per heavy atom. The Hall–Kier alpha value is -2.35. The predicted molar refractivity (Wildman–Crippen MR) is 97.6 cm³/mol. The molecule has 8 heteroatoms. The van der Waals surface area contributed by atoms with Crippen LogP contribution in [0.25, 0.3) is 0 Å². The van der Waals surface area contributed by atoms with Gasteiger partial charge in [-0.15, -0.1) is 5.10 Å². The SMILES string of the molecule is CC(C)(C)OC(=O)N1Cc2ccc(C=NN=C3NC(=O)CS3)cc2C1. The summed E-state index contributed by atoms with van der Waals surface area (Å²) in [4.78, 5) is 24.9. The molecule has 1 N–H and O–H groups in total. The number of hydrogen-bond acceptors (Lipinski definition) is 6. The maximum absolute atomic E-state index is 12.2. The Morgan fingerprint density at radius 2 is 2.08 bits per heavy atom. The van der Waals surface area contributed by atoms with Crippen molar-refractivity contribution in [3.05, 3.63) is 34.9 Å². The highest BCUT2D eigenvalue weighted by molar-refractivity contribution is 8.15. The molecule has 0 spiro atoms. The molecule has 1 saturated heterocycles. The van der Waals surface area contributed by atoms with Gasteiger partial charge in [-0.25, -0.2) is 4.79 Å². The number of amides is 2. The van der Waals surface area contributed by atoms with Crippen molar-refractivity contribution in [2.75, 3.05) is 5.75 Å². The average molecular weight is 360 g/mol. The number of fused-ring (bicyclic) bond motifs is 1. The van der Waals surface area contributed by atoms with Gasteiger partial charge in [-0.05, 0) is 43.5 Å². The van der Waals surface area contributed by atoms with Crippen molar-refractivity contribution in [2.24, 2.45) is 10.2 Å². The highest BCUT2D eigenvalue weighted by Crippen LogP contribution is 2.25. The second-order valence-electron chi connectivity index (χ2n) is 6.85. The summed E-state index contributed by atoms with van der Waals surface area (Å²) in [5.41, 5.74) is 2.57. The number of thioether (sulfide) groups is 1. The third-order valence-corrected chi connectivity index (χ3v) is 4.41. The van der Waals surface area contributed by atoms with E-state index in [1.54, 1.807) is 11.1 Å². The quantitative estimate of drug-likeness (QED) is 0.649. The van der Waals surface area contributed by atoms with E-state index in [0.29, 0.717) is 24.0 Å². The number of nitrogens with zero attached hydrogens (tertiary/aromatic N) is 3. The maximum Gasteiger partial charge on any atom is 0.410 e. The first kappa shape index (κ1) is 17.5. The minimum Gasteiger partial charge on any atom is -0.444 e. The molecule has 7 nitrogen and oxygen atoms in total. The van der Waals surface area contributed by atoms with Gasteiger partial charge in [-0.2, -0.15) is 5.10 Å². The molecule has 1 fully saturated rings. The first-order chi connectivity index (χ1) is 11.8. The summed E-state index contributed by atoms with van der Waals surface area (Å²) in [5.74, 6) is 0.326. The van der Waals surface area contributed by atoms with Crippen molar-refractivity contribution in [1.82, 2.24) is 10.2 Å². The van der Waals surface area contributed by atoms with E-state index >= 15 is 0 Å². The van der Waals surface area contributed by atoms with Crippen LogP contribution in [0.3, 0.4) is 0 Å². The van der Waals surface area contributed by atoms with E-state index in [4.69, 9.17) is 4.74 Å². The molecule has 2 heterocycles. The molecule has 0 atom stereocenters. The minimum absolute atomic E-state index is 0.0567. The van der Waals surface area contributed by atoms with Crippen LogP contribution >= 0.6 is 11.8 Å². The Bertz CT molecular complexity index is 768. The molecule has 3 rings (SSSR count). The number of rotatable bonds is 2. The van der Waals surface area contributed by atoms with Crippen LogP contribution in [0.2, 0.25) is 0 Å². The lowest BCUT2D eigenvalue weighted by Crippen LogP contribution is -2.33.